The van der Waals surface area contributed by atoms with Crippen molar-refractivity contribution in [3.63, 3.8) is 0 Å². The number of aryl methyl sites for hydroxylation is 1. The maximum atomic E-state index is 12.6. The topological polar surface area (TPSA) is 63.1 Å². The smallest absolute Gasteiger partial charge is 0.251 e. The predicted molar refractivity (Wildman–Crippen MR) is 97.4 cm³/mol. The molecule has 2 aliphatic rings. The second-order valence-electron chi connectivity index (χ2n) is 7.62. The van der Waals surface area contributed by atoms with Gasteiger partial charge in [-0.05, 0) is 49.8 Å². The van der Waals surface area contributed by atoms with Crippen molar-refractivity contribution in [3.05, 3.63) is 23.8 Å². The highest BCUT2D eigenvalue weighted by atomic mass is 16.1. The minimum Gasteiger partial charge on any atom is -0.349 e. The van der Waals surface area contributed by atoms with Crippen molar-refractivity contribution in [1.29, 1.82) is 0 Å². The zero-order valence-corrected chi connectivity index (χ0v) is 14.9. The number of benzene rings is 1. The van der Waals surface area contributed by atoms with Crippen molar-refractivity contribution in [2.75, 3.05) is 19.6 Å². The molecule has 2 fully saturated rings. The van der Waals surface area contributed by atoms with E-state index in [1.807, 2.05) is 25.2 Å². The number of rotatable bonds is 4. The second kappa shape index (κ2) is 7.12. The summed E-state index contributed by atoms with van der Waals surface area (Å²) in [6, 6.07) is 5.86. The highest BCUT2D eigenvalue weighted by Crippen LogP contribution is 2.26. The van der Waals surface area contributed by atoms with E-state index in [2.05, 4.69) is 20.5 Å². The molecule has 0 atom stereocenters. The lowest BCUT2D eigenvalue weighted by molar-refractivity contribution is 0.0906. The molecule has 6 nitrogen and oxygen atoms in total. The third-order valence-electron chi connectivity index (χ3n) is 5.79. The van der Waals surface area contributed by atoms with Crippen LogP contribution in [0.4, 0.5) is 0 Å². The summed E-state index contributed by atoms with van der Waals surface area (Å²) in [6.45, 7) is 3.46. The molecule has 1 aromatic carbocycles. The molecule has 2 heterocycles. The van der Waals surface area contributed by atoms with Crippen molar-refractivity contribution in [1.82, 2.24) is 25.2 Å². The van der Waals surface area contributed by atoms with Crippen molar-refractivity contribution in [3.8, 4) is 0 Å². The molecular formula is C19H27N5O. The van der Waals surface area contributed by atoms with Crippen LogP contribution in [-0.4, -0.2) is 51.5 Å². The van der Waals surface area contributed by atoms with Crippen LogP contribution in [0.25, 0.3) is 11.0 Å². The molecule has 1 saturated heterocycles. The molecule has 6 heteroatoms. The average molecular weight is 341 g/mol. The number of likely N-dealkylation sites (tertiary alicyclic amines) is 1. The summed E-state index contributed by atoms with van der Waals surface area (Å²) in [7, 11) is 1.84. The zero-order valence-electron chi connectivity index (χ0n) is 14.9. The van der Waals surface area contributed by atoms with Gasteiger partial charge in [-0.15, -0.1) is 5.10 Å². The van der Waals surface area contributed by atoms with E-state index in [4.69, 9.17) is 0 Å². The number of carbonyl (C=O) groups excluding carboxylic acids is 1. The molecule has 1 aromatic heterocycles. The number of piperidine rings is 1. The van der Waals surface area contributed by atoms with E-state index < -0.39 is 0 Å². The quantitative estimate of drug-likeness (QED) is 0.927. The molecule has 1 saturated carbocycles. The third kappa shape index (κ3) is 3.68. The van der Waals surface area contributed by atoms with E-state index in [9.17, 15) is 4.79 Å². The summed E-state index contributed by atoms with van der Waals surface area (Å²) in [5.41, 5.74) is 2.39. The fourth-order valence-corrected chi connectivity index (χ4v) is 4.26. The maximum absolute atomic E-state index is 12.6. The molecule has 0 unspecified atom stereocenters. The van der Waals surface area contributed by atoms with Gasteiger partial charge in [-0.25, -0.2) is 4.68 Å². The Labute approximate surface area is 148 Å². The second-order valence-corrected chi connectivity index (χ2v) is 7.62. The molecule has 0 spiro atoms. The van der Waals surface area contributed by atoms with Crippen LogP contribution in [0.3, 0.4) is 0 Å². The van der Waals surface area contributed by atoms with Crippen LogP contribution >= 0.6 is 0 Å². The predicted octanol–water partition coefficient (Wildman–Crippen LogP) is 2.35. The van der Waals surface area contributed by atoms with E-state index in [0.717, 1.165) is 42.9 Å². The number of aromatic nitrogens is 3. The van der Waals surface area contributed by atoms with Crippen LogP contribution < -0.4 is 5.32 Å². The standard InChI is InChI=1S/C19H27N5O/c1-23-18-12-15(6-7-17(18)21-22-23)19(25)20-16-8-10-24(11-9-16)13-14-4-2-3-5-14/h6-7,12,14,16H,2-5,8-11,13H2,1H3,(H,20,25). The fourth-order valence-electron chi connectivity index (χ4n) is 4.26. The Morgan fingerprint density at radius 3 is 2.72 bits per heavy atom. The van der Waals surface area contributed by atoms with Gasteiger partial charge in [0.1, 0.15) is 5.52 Å². The fraction of sp³-hybridized carbons (Fsp3) is 0.632. The normalized spacial score (nSPS) is 20.4. The minimum absolute atomic E-state index is 0.0114. The van der Waals surface area contributed by atoms with Gasteiger partial charge in [0.25, 0.3) is 5.91 Å². The van der Waals surface area contributed by atoms with Gasteiger partial charge in [0, 0.05) is 38.3 Å². The summed E-state index contributed by atoms with van der Waals surface area (Å²) in [5.74, 6) is 0.919. The van der Waals surface area contributed by atoms with Gasteiger partial charge in [0.2, 0.25) is 0 Å². The van der Waals surface area contributed by atoms with Crippen molar-refractivity contribution < 1.29 is 4.79 Å². The summed E-state index contributed by atoms with van der Waals surface area (Å²) in [6.07, 6.45) is 7.73. The van der Waals surface area contributed by atoms with Crippen molar-refractivity contribution in [2.45, 2.75) is 44.6 Å². The molecule has 1 N–H and O–H groups in total. The minimum atomic E-state index is 0.0114. The first kappa shape index (κ1) is 16.5. The van der Waals surface area contributed by atoms with Gasteiger partial charge in [0.15, 0.2) is 0 Å². The van der Waals surface area contributed by atoms with Gasteiger partial charge in [-0.1, -0.05) is 18.1 Å². The first-order valence-corrected chi connectivity index (χ1v) is 9.52. The Morgan fingerprint density at radius 2 is 1.96 bits per heavy atom. The summed E-state index contributed by atoms with van der Waals surface area (Å²) >= 11 is 0. The first-order chi connectivity index (χ1) is 12.2. The number of hydrogen-bond donors (Lipinski definition) is 1. The van der Waals surface area contributed by atoms with Gasteiger partial charge < -0.3 is 10.2 Å². The highest BCUT2D eigenvalue weighted by molar-refractivity contribution is 5.97. The molecule has 25 heavy (non-hydrogen) atoms. The van der Waals surface area contributed by atoms with Crippen LogP contribution in [-0.2, 0) is 7.05 Å². The van der Waals surface area contributed by atoms with Gasteiger partial charge in [-0.3, -0.25) is 4.79 Å². The number of nitrogens with zero attached hydrogens (tertiary/aromatic N) is 4. The molecule has 2 aromatic rings. The summed E-state index contributed by atoms with van der Waals surface area (Å²) in [4.78, 5) is 15.2. The molecule has 0 bridgehead atoms. The van der Waals surface area contributed by atoms with Crippen LogP contribution in [0, 0.1) is 5.92 Å². The van der Waals surface area contributed by atoms with E-state index in [0.29, 0.717) is 5.56 Å². The number of nitrogens with one attached hydrogen (secondary N) is 1. The van der Waals surface area contributed by atoms with Crippen molar-refractivity contribution >= 4 is 16.9 Å². The van der Waals surface area contributed by atoms with Crippen LogP contribution in [0.15, 0.2) is 18.2 Å². The van der Waals surface area contributed by atoms with E-state index in [1.165, 1.54) is 32.2 Å². The molecule has 4 rings (SSSR count). The number of hydrogen-bond acceptors (Lipinski definition) is 4. The lowest BCUT2D eigenvalue weighted by Gasteiger charge is -2.33. The Balaban J connectivity index is 1.31. The lowest BCUT2D eigenvalue weighted by Crippen LogP contribution is -2.45. The average Bonchev–Trinajstić information content (AvgIpc) is 3.26. The van der Waals surface area contributed by atoms with Gasteiger partial charge >= 0.3 is 0 Å². The van der Waals surface area contributed by atoms with Gasteiger partial charge in [-0.2, -0.15) is 0 Å². The number of amides is 1. The molecule has 134 valence electrons. The largest absolute Gasteiger partial charge is 0.349 e. The molecule has 1 aliphatic carbocycles. The SMILES string of the molecule is Cn1nnc2ccc(C(=O)NC3CCN(CC4CCCC4)CC3)cc21. The Morgan fingerprint density at radius 1 is 1.20 bits per heavy atom. The number of fused-ring (bicyclic) bond motifs is 1. The Hall–Kier alpha value is -1.95. The number of carbonyl (C=O) groups is 1. The lowest BCUT2D eigenvalue weighted by atomic mass is 10.0. The maximum Gasteiger partial charge on any atom is 0.251 e. The van der Waals surface area contributed by atoms with Crippen LogP contribution in [0.5, 0.6) is 0 Å². The van der Waals surface area contributed by atoms with Gasteiger partial charge in [0.05, 0.1) is 5.52 Å². The zero-order chi connectivity index (χ0) is 17.2. The Bertz CT molecular complexity index is 741. The Kier molecular flexibility index (Phi) is 4.70. The molecule has 1 amide bonds. The van der Waals surface area contributed by atoms with Crippen LogP contribution in [0.2, 0.25) is 0 Å². The van der Waals surface area contributed by atoms with Crippen LogP contribution in [0.1, 0.15) is 48.9 Å². The van der Waals surface area contributed by atoms with E-state index in [1.54, 1.807) is 4.68 Å². The molecule has 1 aliphatic heterocycles. The van der Waals surface area contributed by atoms with E-state index in [-0.39, 0.29) is 11.9 Å². The van der Waals surface area contributed by atoms with E-state index >= 15 is 0 Å². The van der Waals surface area contributed by atoms with Crippen molar-refractivity contribution in [2.24, 2.45) is 13.0 Å². The third-order valence-corrected chi connectivity index (χ3v) is 5.79. The summed E-state index contributed by atoms with van der Waals surface area (Å²) in [5, 5.41) is 11.3. The highest BCUT2D eigenvalue weighted by Gasteiger charge is 2.24. The first-order valence-electron chi connectivity index (χ1n) is 9.52. The summed E-state index contributed by atoms with van der Waals surface area (Å²) < 4.78 is 1.70. The molecular weight excluding hydrogens is 314 g/mol. The molecule has 0 radical (unpaired) electrons. The monoisotopic (exact) mass is 341 g/mol.